The number of hydrogen-bond acceptors (Lipinski definition) is 4. The number of nitrogens with one attached hydrogen (secondary N) is 1. The summed E-state index contributed by atoms with van der Waals surface area (Å²) >= 11 is 11.4. The van der Waals surface area contributed by atoms with E-state index < -0.39 is 17.9 Å². The largest absolute Gasteiger partial charge is 0.467 e. The van der Waals surface area contributed by atoms with Gasteiger partial charge in [-0.15, -0.1) is 0 Å². The first-order valence-electron chi connectivity index (χ1n) is 5.56. The fourth-order valence-electron chi connectivity index (χ4n) is 1.39. The molecule has 0 aliphatic carbocycles. The summed E-state index contributed by atoms with van der Waals surface area (Å²) < 4.78 is 4.64. The van der Waals surface area contributed by atoms with Crippen LogP contribution < -0.4 is 5.32 Å². The number of methoxy groups -OCH3 is 1. The van der Waals surface area contributed by atoms with E-state index in [1.165, 1.54) is 19.4 Å². The van der Waals surface area contributed by atoms with Gasteiger partial charge in [-0.25, -0.2) is 9.78 Å². The normalized spacial score (nSPS) is 12.1. The van der Waals surface area contributed by atoms with Crippen LogP contribution in [0.2, 0.25) is 10.2 Å². The second-order valence-corrected chi connectivity index (χ2v) is 4.98. The molecule has 1 atom stereocenters. The van der Waals surface area contributed by atoms with Crippen molar-refractivity contribution in [3.05, 3.63) is 28.0 Å². The molecule has 5 nitrogen and oxygen atoms in total. The summed E-state index contributed by atoms with van der Waals surface area (Å²) in [6, 6.07) is 0.660. The van der Waals surface area contributed by atoms with Gasteiger partial charge in [0.15, 0.2) is 0 Å². The molecule has 104 valence electrons. The van der Waals surface area contributed by atoms with Gasteiger partial charge >= 0.3 is 5.97 Å². The highest BCUT2D eigenvalue weighted by Crippen LogP contribution is 2.19. The number of carbonyl (C=O) groups is 2. The SMILES string of the molecule is COC(=O)C(NC(=O)c1cnc(Cl)c(Cl)c1)C(C)C. The van der Waals surface area contributed by atoms with Gasteiger partial charge in [0, 0.05) is 6.20 Å². The number of hydrogen-bond donors (Lipinski definition) is 1. The van der Waals surface area contributed by atoms with Gasteiger partial charge in [0.1, 0.15) is 11.2 Å². The first-order chi connectivity index (χ1) is 8.86. The molecule has 0 radical (unpaired) electrons. The fraction of sp³-hybridized carbons (Fsp3) is 0.417. The number of ether oxygens (including phenoxy) is 1. The third-order valence-electron chi connectivity index (χ3n) is 2.47. The summed E-state index contributed by atoms with van der Waals surface area (Å²) in [6.07, 6.45) is 1.29. The molecule has 1 aromatic heterocycles. The highest BCUT2D eigenvalue weighted by atomic mass is 35.5. The van der Waals surface area contributed by atoms with Crippen LogP contribution >= 0.6 is 23.2 Å². The first-order valence-corrected chi connectivity index (χ1v) is 6.32. The number of carbonyl (C=O) groups excluding carboxylic acids is 2. The van der Waals surface area contributed by atoms with Crippen LogP contribution in [0.3, 0.4) is 0 Å². The Labute approximate surface area is 121 Å². The first kappa shape index (κ1) is 15.7. The smallest absolute Gasteiger partial charge is 0.328 e. The molecule has 0 aliphatic rings. The predicted octanol–water partition coefficient (Wildman–Crippen LogP) is 2.32. The van der Waals surface area contributed by atoms with Crippen molar-refractivity contribution < 1.29 is 14.3 Å². The van der Waals surface area contributed by atoms with Crippen LogP contribution in [-0.4, -0.2) is 30.0 Å². The minimum atomic E-state index is -0.730. The van der Waals surface area contributed by atoms with Crippen LogP contribution in [0.5, 0.6) is 0 Å². The van der Waals surface area contributed by atoms with Crippen molar-refractivity contribution in [2.45, 2.75) is 19.9 Å². The third kappa shape index (κ3) is 4.08. The van der Waals surface area contributed by atoms with E-state index in [2.05, 4.69) is 15.0 Å². The van der Waals surface area contributed by atoms with Gasteiger partial charge in [-0.1, -0.05) is 37.0 Å². The minimum Gasteiger partial charge on any atom is -0.467 e. The molecule has 0 saturated carbocycles. The molecule has 0 bridgehead atoms. The van der Waals surface area contributed by atoms with Crippen LogP contribution in [0.15, 0.2) is 12.3 Å². The fourth-order valence-corrected chi connectivity index (χ4v) is 1.66. The van der Waals surface area contributed by atoms with Crippen LogP contribution in [0.25, 0.3) is 0 Å². The van der Waals surface area contributed by atoms with Gasteiger partial charge < -0.3 is 10.1 Å². The zero-order chi connectivity index (χ0) is 14.6. The number of nitrogens with zero attached hydrogens (tertiary/aromatic N) is 1. The summed E-state index contributed by atoms with van der Waals surface area (Å²) in [7, 11) is 1.27. The topological polar surface area (TPSA) is 68.3 Å². The molecule has 1 rings (SSSR count). The molecule has 19 heavy (non-hydrogen) atoms. The maximum absolute atomic E-state index is 12.0. The average Bonchev–Trinajstić information content (AvgIpc) is 2.37. The molecule has 0 aliphatic heterocycles. The summed E-state index contributed by atoms with van der Waals surface area (Å²) in [5.41, 5.74) is 0.226. The lowest BCUT2D eigenvalue weighted by Gasteiger charge is -2.19. The van der Waals surface area contributed by atoms with Gasteiger partial charge in [-0.2, -0.15) is 0 Å². The Hall–Kier alpha value is -1.33. The Balaban J connectivity index is 2.87. The van der Waals surface area contributed by atoms with Crippen molar-refractivity contribution in [3.63, 3.8) is 0 Å². The molecule has 1 heterocycles. The van der Waals surface area contributed by atoms with Crippen molar-refractivity contribution in [1.82, 2.24) is 10.3 Å². The zero-order valence-electron chi connectivity index (χ0n) is 10.7. The summed E-state index contributed by atoms with van der Waals surface area (Å²) in [6.45, 7) is 3.60. The van der Waals surface area contributed by atoms with Gasteiger partial charge in [0.2, 0.25) is 0 Å². The monoisotopic (exact) mass is 304 g/mol. The molecule has 1 N–H and O–H groups in total. The summed E-state index contributed by atoms with van der Waals surface area (Å²) in [5.74, 6) is -1.07. The predicted molar refractivity (Wildman–Crippen MR) is 72.4 cm³/mol. The summed E-state index contributed by atoms with van der Waals surface area (Å²) in [5, 5.41) is 2.87. The van der Waals surface area contributed by atoms with Gasteiger partial charge in [-0.05, 0) is 12.0 Å². The average molecular weight is 305 g/mol. The molecule has 0 aromatic carbocycles. The summed E-state index contributed by atoms with van der Waals surface area (Å²) in [4.78, 5) is 27.3. The van der Waals surface area contributed by atoms with E-state index in [1.54, 1.807) is 13.8 Å². The molecule has 0 fully saturated rings. The van der Waals surface area contributed by atoms with Crippen LogP contribution in [0, 0.1) is 5.92 Å². The van der Waals surface area contributed by atoms with E-state index in [4.69, 9.17) is 23.2 Å². The van der Waals surface area contributed by atoms with Crippen molar-refractivity contribution in [1.29, 1.82) is 0 Å². The number of aromatic nitrogens is 1. The van der Waals surface area contributed by atoms with Crippen molar-refractivity contribution in [3.8, 4) is 0 Å². The maximum Gasteiger partial charge on any atom is 0.328 e. The van der Waals surface area contributed by atoms with Crippen molar-refractivity contribution >= 4 is 35.1 Å². The highest BCUT2D eigenvalue weighted by molar-refractivity contribution is 6.41. The number of pyridine rings is 1. The van der Waals surface area contributed by atoms with E-state index in [9.17, 15) is 9.59 Å². The van der Waals surface area contributed by atoms with E-state index in [-0.39, 0.29) is 21.7 Å². The Morgan fingerprint density at radius 1 is 1.37 bits per heavy atom. The zero-order valence-corrected chi connectivity index (χ0v) is 12.2. The maximum atomic E-state index is 12.0. The number of rotatable bonds is 4. The Morgan fingerprint density at radius 3 is 2.47 bits per heavy atom. The quantitative estimate of drug-likeness (QED) is 0.684. The van der Waals surface area contributed by atoms with Crippen LogP contribution in [0.1, 0.15) is 24.2 Å². The number of amides is 1. The Morgan fingerprint density at radius 2 is 2.00 bits per heavy atom. The number of halogens is 2. The second kappa shape index (κ2) is 6.73. The van der Waals surface area contributed by atoms with E-state index in [0.717, 1.165) is 0 Å². The lowest BCUT2D eigenvalue weighted by atomic mass is 10.0. The molecule has 7 heteroatoms. The van der Waals surface area contributed by atoms with Crippen molar-refractivity contribution in [2.24, 2.45) is 5.92 Å². The number of esters is 1. The lowest BCUT2D eigenvalue weighted by Crippen LogP contribution is -2.45. The third-order valence-corrected chi connectivity index (χ3v) is 3.15. The van der Waals surface area contributed by atoms with Gasteiger partial charge in [0.05, 0.1) is 17.7 Å². The molecule has 1 unspecified atom stereocenters. The molecule has 0 spiro atoms. The van der Waals surface area contributed by atoms with Crippen molar-refractivity contribution in [2.75, 3.05) is 7.11 Å². The van der Waals surface area contributed by atoms with Gasteiger partial charge in [-0.3, -0.25) is 4.79 Å². The Kier molecular flexibility index (Phi) is 5.57. The van der Waals surface area contributed by atoms with E-state index in [1.807, 2.05) is 0 Å². The lowest BCUT2D eigenvalue weighted by molar-refractivity contribution is -0.144. The van der Waals surface area contributed by atoms with E-state index in [0.29, 0.717) is 0 Å². The molecule has 0 saturated heterocycles. The molecular weight excluding hydrogens is 291 g/mol. The van der Waals surface area contributed by atoms with E-state index >= 15 is 0 Å². The van der Waals surface area contributed by atoms with Gasteiger partial charge in [0.25, 0.3) is 5.91 Å². The second-order valence-electron chi connectivity index (χ2n) is 4.21. The highest BCUT2D eigenvalue weighted by Gasteiger charge is 2.25. The molecule has 1 aromatic rings. The minimum absolute atomic E-state index is 0.105. The standard InChI is InChI=1S/C12H14Cl2N2O3/c1-6(2)9(12(18)19-3)16-11(17)7-4-8(13)10(14)15-5-7/h4-6,9H,1-3H3,(H,16,17). The Bertz CT molecular complexity index is 492. The van der Waals surface area contributed by atoms with Crippen LogP contribution in [-0.2, 0) is 9.53 Å². The van der Waals surface area contributed by atoms with Crippen LogP contribution in [0.4, 0.5) is 0 Å². The molecule has 1 amide bonds. The molecular formula is C12H14Cl2N2O3.